The molecule has 1 aliphatic rings. The van der Waals surface area contributed by atoms with Crippen molar-refractivity contribution in [3.05, 3.63) is 10.4 Å². The Kier molecular flexibility index (Phi) is 4.41. The molecule has 0 aromatic carbocycles. The molecule has 1 aromatic rings. The van der Waals surface area contributed by atoms with Crippen LogP contribution in [0.25, 0.3) is 0 Å². The summed E-state index contributed by atoms with van der Waals surface area (Å²) in [6, 6.07) is 0.243. The molecule has 116 valence electrons. The molecule has 0 unspecified atom stereocenters. The van der Waals surface area contributed by atoms with Gasteiger partial charge in [0.2, 0.25) is 0 Å². The minimum Gasteiger partial charge on any atom is -0.397 e. The van der Waals surface area contributed by atoms with Crippen molar-refractivity contribution in [1.29, 1.82) is 0 Å². The van der Waals surface area contributed by atoms with E-state index < -0.39 is 5.91 Å². The number of rotatable bonds is 6. The molecule has 0 aliphatic heterocycles. The second kappa shape index (κ2) is 5.93. The van der Waals surface area contributed by atoms with Crippen molar-refractivity contribution >= 4 is 33.8 Å². The first-order chi connectivity index (χ1) is 9.81. The SMILES string of the molecule is CC(C)CN(C)c1sc(C(=O)NC2CC2)c(N)c1C(N)=O. The number of carbonyl (C=O) groups excluding carboxylic acids is 2. The van der Waals surface area contributed by atoms with Crippen LogP contribution >= 0.6 is 11.3 Å². The van der Waals surface area contributed by atoms with E-state index in [0.29, 0.717) is 15.8 Å². The van der Waals surface area contributed by atoms with Crippen LogP contribution in [-0.2, 0) is 0 Å². The van der Waals surface area contributed by atoms with E-state index in [1.807, 2.05) is 11.9 Å². The quantitative estimate of drug-likeness (QED) is 0.739. The van der Waals surface area contributed by atoms with E-state index in [-0.39, 0.29) is 23.2 Å². The number of hydrogen-bond acceptors (Lipinski definition) is 5. The van der Waals surface area contributed by atoms with E-state index in [1.165, 1.54) is 11.3 Å². The van der Waals surface area contributed by atoms with E-state index in [9.17, 15) is 9.59 Å². The third-order valence-electron chi connectivity index (χ3n) is 3.28. The lowest BCUT2D eigenvalue weighted by Crippen LogP contribution is -2.25. The number of nitrogens with one attached hydrogen (secondary N) is 1. The van der Waals surface area contributed by atoms with Gasteiger partial charge in [0.15, 0.2) is 0 Å². The fourth-order valence-corrected chi connectivity index (χ4v) is 3.32. The number of nitrogens with zero attached hydrogens (tertiary/aromatic N) is 1. The molecule has 0 atom stereocenters. The Morgan fingerprint density at radius 1 is 1.43 bits per heavy atom. The van der Waals surface area contributed by atoms with Crippen LogP contribution in [0.3, 0.4) is 0 Å². The second-order valence-electron chi connectivity index (χ2n) is 5.91. The third kappa shape index (κ3) is 3.47. The van der Waals surface area contributed by atoms with Crippen molar-refractivity contribution < 1.29 is 9.59 Å². The monoisotopic (exact) mass is 310 g/mol. The highest BCUT2D eigenvalue weighted by atomic mass is 32.1. The summed E-state index contributed by atoms with van der Waals surface area (Å²) in [6.07, 6.45) is 2.00. The highest BCUT2D eigenvalue weighted by molar-refractivity contribution is 7.19. The van der Waals surface area contributed by atoms with Gasteiger partial charge >= 0.3 is 0 Å². The Hall–Kier alpha value is -1.76. The van der Waals surface area contributed by atoms with E-state index >= 15 is 0 Å². The van der Waals surface area contributed by atoms with Gasteiger partial charge in [-0.2, -0.15) is 0 Å². The van der Waals surface area contributed by atoms with Crippen LogP contribution in [0.4, 0.5) is 10.7 Å². The number of hydrogen-bond donors (Lipinski definition) is 3. The topological polar surface area (TPSA) is 101 Å². The summed E-state index contributed by atoms with van der Waals surface area (Å²) in [7, 11) is 1.88. The molecule has 1 aliphatic carbocycles. The summed E-state index contributed by atoms with van der Waals surface area (Å²) >= 11 is 1.23. The van der Waals surface area contributed by atoms with Crippen LogP contribution in [0, 0.1) is 5.92 Å². The Morgan fingerprint density at radius 2 is 2.05 bits per heavy atom. The van der Waals surface area contributed by atoms with Crippen LogP contribution in [-0.4, -0.2) is 31.4 Å². The van der Waals surface area contributed by atoms with Crippen molar-refractivity contribution in [3.8, 4) is 0 Å². The maximum atomic E-state index is 12.2. The van der Waals surface area contributed by atoms with E-state index in [2.05, 4.69) is 19.2 Å². The smallest absolute Gasteiger partial charge is 0.263 e. The first-order valence-electron chi connectivity index (χ1n) is 7.05. The van der Waals surface area contributed by atoms with Gasteiger partial charge in [-0.15, -0.1) is 11.3 Å². The molecular weight excluding hydrogens is 288 g/mol. The predicted molar refractivity (Wildman–Crippen MR) is 85.8 cm³/mol. The zero-order valence-electron chi connectivity index (χ0n) is 12.6. The highest BCUT2D eigenvalue weighted by Crippen LogP contribution is 2.38. The average Bonchev–Trinajstić information content (AvgIpc) is 3.08. The highest BCUT2D eigenvalue weighted by Gasteiger charge is 2.29. The Bertz CT molecular complexity index is 564. The van der Waals surface area contributed by atoms with Crippen molar-refractivity contribution in [1.82, 2.24) is 5.32 Å². The van der Waals surface area contributed by atoms with E-state index in [1.54, 1.807) is 0 Å². The number of nitrogens with two attached hydrogens (primary N) is 2. The molecule has 1 saturated carbocycles. The molecule has 0 radical (unpaired) electrons. The fourth-order valence-electron chi connectivity index (χ4n) is 2.22. The molecular formula is C14H22N4O2S. The molecule has 2 amide bonds. The standard InChI is InChI=1S/C14H22N4O2S/c1-7(2)6-18(3)14-9(12(16)19)10(15)11(21-14)13(20)17-8-4-5-8/h7-8H,4-6,15H2,1-3H3,(H2,16,19)(H,17,20). The second-order valence-corrected chi connectivity index (χ2v) is 6.91. The summed E-state index contributed by atoms with van der Waals surface area (Å²) in [5.41, 5.74) is 11.9. The molecule has 1 fully saturated rings. The first-order valence-corrected chi connectivity index (χ1v) is 7.87. The maximum absolute atomic E-state index is 12.2. The largest absolute Gasteiger partial charge is 0.397 e. The van der Waals surface area contributed by atoms with Gasteiger partial charge < -0.3 is 21.7 Å². The van der Waals surface area contributed by atoms with Gasteiger partial charge in [-0.1, -0.05) is 13.8 Å². The summed E-state index contributed by atoms with van der Waals surface area (Å²) in [5, 5.41) is 3.55. The molecule has 0 saturated heterocycles. The normalized spacial score (nSPS) is 14.3. The Morgan fingerprint density at radius 3 is 2.52 bits per heavy atom. The van der Waals surface area contributed by atoms with Crippen molar-refractivity contribution in [3.63, 3.8) is 0 Å². The van der Waals surface area contributed by atoms with Gasteiger partial charge in [0.05, 0.1) is 11.3 Å². The van der Waals surface area contributed by atoms with Crippen LogP contribution in [0.15, 0.2) is 0 Å². The lowest BCUT2D eigenvalue weighted by Gasteiger charge is -2.20. The lowest BCUT2D eigenvalue weighted by atomic mass is 10.2. The summed E-state index contributed by atoms with van der Waals surface area (Å²) in [5.74, 6) is -0.394. The van der Waals surface area contributed by atoms with Crippen LogP contribution < -0.4 is 21.7 Å². The van der Waals surface area contributed by atoms with E-state index in [0.717, 1.165) is 19.4 Å². The van der Waals surface area contributed by atoms with Crippen LogP contribution in [0.2, 0.25) is 0 Å². The molecule has 0 spiro atoms. The minimum atomic E-state index is -0.597. The van der Waals surface area contributed by atoms with Gasteiger partial charge in [-0.05, 0) is 18.8 Å². The first kappa shape index (κ1) is 15.6. The molecule has 1 aromatic heterocycles. The average molecular weight is 310 g/mol. The zero-order chi connectivity index (χ0) is 15.7. The van der Waals surface area contributed by atoms with Crippen molar-refractivity contribution in [2.24, 2.45) is 11.7 Å². The minimum absolute atomic E-state index is 0.191. The lowest BCUT2D eigenvalue weighted by molar-refractivity contribution is 0.0955. The zero-order valence-corrected chi connectivity index (χ0v) is 13.4. The van der Waals surface area contributed by atoms with Crippen LogP contribution in [0.5, 0.6) is 0 Å². The van der Waals surface area contributed by atoms with Crippen molar-refractivity contribution in [2.75, 3.05) is 24.2 Å². The van der Waals surface area contributed by atoms with Gasteiger partial charge in [0.25, 0.3) is 11.8 Å². The summed E-state index contributed by atoms with van der Waals surface area (Å²) in [6.45, 7) is 4.92. The molecule has 1 heterocycles. The van der Waals surface area contributed by atoms with Crippen LogP contribution in [0.1, 0.15) is 46.7 Å². The molecule has 5 N–H and O–H groups in total. The molecule has 6 nitrogen and oxygen atoms in total. The molecule has 7 heteroatoms. The van der Waals surface area contributed by atoms with Gasteiger partial charge in [-0.25, -0.2) is 0 Å². The predicted octanol–water partition coefficient (Wildman–Crippen LogP) is 1.41. The van der Waals surface area contributed by atoms with Gasteiger partial charge in [-0.3, -0.25) is 9.59 Å². The van der Waals surface area contributed by atoms with Gasteiger partial charge in [0, 0.05) is 19.6 Å². The third-order valence-corrected chi connectivity index (χ3v) is 4.60. The molecule has 2 rings (SSSR count). The number of thiophene rings is 1. The molecule has 0 bridgehead atoms. The Balaban J connectivity index is 2.34. The summed E-state index contributed by atoms with van der Waals surface area (Å²) < 4.78 is 0. The Labute approximate surface area is 128 Å². The number of primary amides is 1. The number of nitrogen functional groups attached to an aromatic ring is 1. The summed E-state index contributed by atoms with van der Waals surface area (Å²) in [4.78, 5) is 26.2. The number of carbonyl (C=O) groups is 2. The van der Waals surface area contributed by atoms with Crippen molar-refractivity contribution in [2.45, 2.75) is 32.7 Å². The maximum Gasteiger partial charge on any atom is 0.263 e. The van der Waals surface area contributed by atoms with Gasteiger partial charge in [0.1, 0.15) is 9.88 Å². The number of amides is 2. The fraction of sp³-hybridized carbons (Fsp3) is 0.571. The van der Waals surface area contributed by atoms with E-state index in [4.69, 9.17) is 11.5 Å². The molecule has 21 heavy (non-hydrogen) atoms. The number of anilines is 2.